The van der Waals surface area contributed by atoms with Crippen molar-refractivity contribution in [1.29, 1.82) is 0 Å². The second kappa shape index (κ2) is 7.80. The zero-order chi connectivity index (χ0) is 14.7. The van der Waals surface area contributed by atoms with Crippen LogP contribution in [0.3, 0.4) is 0 Å². The Balaban J connectivity index is 0.00000176. The predicted molar refractivity (Wildman–Crippen MR) is 93.8 cm³/mol. The van der Waals surface area contributed by atoms with Gasteiger partial charge in [0.25, 0.3) is 0 Å². The van der Waals surface area contributed by atoms with Gasteiger partial charge in [-0.3, -0.25) is 4.68 Å². The minimum Gasteiger partial charge on any atom is -0.316 e. The zero-order valence-electron chi connectivity index (χ0n) is 14.1. The highest BCUT2D eigenvalue weighted by Gasteiger charge is 2.32. The molecule has 2 fully saturated rings. The molecule has 1 aromatic rings. The number of hydrogen-bond donors (Lipinski definition) is 1. The van der Waals surface area contributed by atoms with Gasteiger partial charge in [-0.1, -0.05) is 13.8 Å². The summed E-state index contributed by atoms with van der Waals surface area (Å²) < 4.78 is 2.22. The first-order chi connectivity index (χ1) is 10.2. The highest BCUT2D eigenvalue weighted by atomic mass is 35.5. The van der Waals surface area contributed by atoms with Crippen LogP contribution in [0.15, 0.2) is 12.3 Å². The minimum atomic E-state index is 0. The third-order valence-electron chi connectivity index (χ3n) is 5.25. The summed E-state index contributed by atoms with van der Waals surface area (Å²) in [6, 6.07) is 2.23. The average molecular weight is 327 g/mol. The maximum Gasteiger partial charge on any atom is 0.0492 e. The lowest BCUT2D eigenvalue weighted by Crippen LogP contribution is -2.41. The predicted octanol–water partition coefficient (Wildman–Crippen LogP) is 2.89. The molecule has 22 heavy (non-hydrogen) atoms. The lowest BCUT2D eigenvalue weighted by molar-refractivity contribution is 0.142. The summed E-state index contributed by atoms with van der Waals surface area (Å²) in [5.41, 5.74) is 1.96. The number of aromatic nitrogens is 2. The molecule has 0 radical (unpaired) electrons. The van der Waals surface area contributed by atoms with E-state index in [1.54, 1.807) is 0 Å². The van der Waals surface area contributed by atoms with Gasteiger partial charge in [0, 0.05) is 37.4 Å². The molecule has 2 saturated heterocycles. The van der Waals surface area contributed by atoms with E-state index < -0.39 is 0 Å². The van der Waals surface area contributed by atoms with E-state index in [0.29, 0.717) is 11.3 Å². The molecule has 3 heterocycles. The van der Waals surface area contributed by atoms with Gasteiger partial charge < -0.3 is 10.2 Å². The normalized spacial score (nSPS) is 27.0. The molecule has 1 atom stereocenters. The van der Waals surface area contributed by atoms with Crippen LogP contribution in [0.25, 0.3) is 0 Å². The van der Waals surface area contributed by atoms with E-state index in [0.717, 1.165) is 6.54 Å². The van der Waals surface area contributed by atoms with Gasteiger partial charge in [-0.25, -0.2) is 0 Å². The fourth-order valence-electron chi connectivity index (χ4n) is 4.02. The lowest BCUT2D eigenvalue weighted by atomic mass is 9.87. The van der Waals surface area contributed by atoms with Gasteiger partial charge in [0.05, 0.1) is 0 Å². The minimum absolute atomic E-state index is 0. The second-order valence-corrected chi connectivity index (χ2v) is 7.27. The highest BCUT2D eigenvalue weighted by Crippen LogP contribution is 2.31. The smallest absolute Gasteiger partial charge is 0.0492 e. The van der Waals surface area contributed by atoms with Crippen molar-refractivity contribution in [3.05, 3.63) is 18.0 Å². The Morgan fingerprint density at radius 3 is 2.77 bits per heavy atom. The lowest BCUT2D eigenvalue weighted by Gasteiger charge is -2.37. The number of rotatable bonds is 5. The molecular formula is C17H31ClN4. The Morgan fingerprint density at radius 1 is 1.36 bits per heavy atom. The summed E-state index contributed by atoms with van der Waals surface area (Å²) in [5.74, 6) is 0.713. The fraction of sp³-hybridized carbons (Fsp3) is 0.824. The number of nitrogens with zero attached hydrogens (tertiary/aromatic N) is 3. The molecule has 0 spiro atoms. The van der Waals surface area contributed by atoms with Crippen LogP contribution in [0.5, 0.6) is 0 Å². The molecule has 2 aliphatic rings. The quantitative estimate of drug-likeness (QED) is 0.903. The van der Waals surface area contributed by atoms with E-state index in [-0.39, 0.29) is 12.4 Å². The van der Waals surface area contributed by atoms with Crippen LogP contribution in [0, 0.1) is 5.41 Å². The van der Waals surface area contributed by atoms with Crippen molar-refractivity contribution < 1.29 is 0 Å². The van der Waals surface area contributed by atoms with Crippen molar-refractivity contribution in [2.24, 2.45) is 5.41 Å². The molecule has 0 bridgehead atoms. The summed E-state index contributed by atoms with van der Waals surface area (Å²) in [5, 5.41) is 8.01. The summed E-state index contributed by atoms with van der Waals surface area (Å²) in [7, 11) is 0. The van der Waals surface area contributed by atoms with Gasteiger partial charge in [0.1, 0.15) is 0 Å². The standard InChI is InChI=1S/C17H30N4.ClH/c1-3-10-21-16(4-8-19-21)15-5-11-20(12-6-15)14-17(2)7-9-18-13-17;/h4,8,15,18H,3,5-7,9-14H2,1-2H3;1H. The SMILES string of the molecule is CCCn1nccc1C1CCN(CC2(C)CCNC2)CC1.Cl. The Kier molecular flexibility index (Phi) is 6.30. The van der Waals surface area contributed by atoms with Crippen LogP contribution in [-0.4, -0.2) is 47.4 Å². The maximum absolute atomic E-state index is 4.49. The highest BCUT2D eigenvalue weighted by molar-refractivity contribution is 5.85. The maximum atomic E-state index is 4.49. The molecular weight excluding hydrogens is 296 g/mol. The molecule has 0 aromatic carbocycles. The number of hydrogen-bond acceptors (Lipinski definition) is 3. The zero-order valence-corrected chi connectivity index (χ0v) is 14.9. The van der Waals surface area contributed by atoms with Gasteiger partial charge in [-0.05, 0) is 56.8 Å². The molecule has 2 aliphatic heterocycles. The first-order valence-electron chi connectivity index (χ1n) is 8.65. The van der Waals surface area contributed by atoms with Crippen LogP contribution in [0.2, 0.25) is 0 Å². The first-order valence-corrected chi connectivity index (χ1v) is 8.65. The van der Waals surface area contributed by atoms with E-state index in [2.05, 4.69) is 39.9 Å². The van der Waals surface area contributed by atoms with Gasteiger partial charge in [0.15, 0.2) is 0 Å². The third-order valence-corrected chi connectivity index (χ3v) is 5.25. The first kappa shape index (κ1) is 17.8. The van der Waals surface area contributed by atoms with Crippen LogP contribution >= 0.6 is 12.4 Å². The molecule has 0 aliphatic carbocycles. The number of piperidine rings is 1. The molecule has 3 rings (SSSR count). The summed E-state index contributed by atoms with van der Waals surface area (Å²) in [4.78, 5) is 2.68. The van der Waals surface area contributed by atoms with E-state index in [9.17, 15) is 0 Å². The molecule has 4 nitrogen and oxygen atoms in total. The van der Waals surface area contributed by atoms with Crippen molar-refractivity contribution >= 4 is 12.4 Å². The number of nitrogens with one attached hydrogen (secondary N) is 1. The summed E-state index contributed by atoms with van der Waals surface area (Å²) in [6.45, 7) is 11.9. The topological polar surface area (TPSA) is 33.1 Å². The number of aryl methyl sites for hydroxylation is 1. The van der Waals surface area contributed by atoms with Crippen molar-refractivity contribution in [3.63, 3.8) is 0 Å². The average Bonchev–Trinajstić information content (AvgIpc) is 3.10. The van der Waals surface area contributed by atoms with Crippen molar-refractivity contribution in [2.45, 2.75) is 52.0 Å². The van der Waals surface area contributed by atoms with Gasteiger partial charge >= 0.3 is 0 Å². The Labute approximate surface area is 141 Å². The molecule has 1 aromatic heterocycles. The van der Waals surface area contributed by atoms with Crippen LogP contribution in [0.4, 0.5) is 0 Å². The van der Waals surface area contributed by atoms with E-state index in [1.165, 1.54) is 64.1 Å². The van der Waals surface area contributed by atoms with Crippen LogP contribution in [0.1, 0.15) is 51.1 Å². The molecule has 0 amide bonds. The second-order valence-electron chi connectivity index (χ2n) is 7.27. The fourth-order valence-corrected chi connectivity index (χ4v) is 4.02. The monoisotopic (exact) mass is 326 g/mol. The third kappa shape index (κ3) is 4.03. The summed E-state index contributed by atoms with van der Waals surface area (Å²) >= 11 is 0. The Hall–Kier alpha value is -0.580. The van der Waals surface area contributed by atoms with Gasteiger partial charge in [-0.15, -0.1) is 12.4 Å². The van der Waals surface area contributed by atoms with E-state index >= 15 is 0 Å². The molecule has 126 valence electrons. The molecule has 0 saturated carbocycles. The van der Waals surface area contributed by atoms with Crippen molar-refractivity contribution in [1.82, 2.24) is 20.0 Å². The number of likely N-dealkylation sites (tertiary alicyclic amines) is 1. The van der Waals surface area contributed by atoms with Gasteiger partial charge in [0.2, 0.25) is 0 Å². The van der Waals surface area contributed by atoms with Crippen molar-refractivity contribution in [3.8, 4) is 0 Å². The van der Waals surface area contributed by atoms with Crippen LogP contribution < -0.4 is 5.32 Å². The Morgan fingerprint density at radius 2 is 2.14 bits per heavy atom. The van der Waals surface area contributed by atoms with Gasteiger partial charge in [-0.2, -0.15) is 5.10 Å². The van der Waals surface area contributed by atoms with Crippen molar-refractivity contribution in [2.75, 3.05) is 32.7 Å². The van der Waals surface area contributed by atoms with Crippen LogP contribution in [-0.2, 0) is 6.54 Å². The molecule has 1 unspecified atom stereocenters. The number of halogens is 1. The molecule has 1 N–H and O–H groups in total. The summed E-state index contributed by atoms with van der Waals surface area (Å²) in [6.07, 6.45) is 7.05. The molecule has 5 heteroatoms. The van der Waals surface area contributed by atoms with E-state index in [4.69, 9.17) is 0 Å². The Bertz CT molecular complexity index is 445. The largest absolute Gasteiger partial charge is 0.316 e. The van der Waals surface area contributed by atoms with E-state index in [1.807, 2.05) is 6.20 Å².